The molecule has 1 heterocycles. The van der Waals surface area contributed by atoms with Crippen molar-refractivity contribution in [1.29, 1.82) is 0 Å². The first-order valence-electron chi connectivity index (χ1n) is 4.98. The molecule has 0 aromatic heterocycles. The van der Waals surface area contributed by atoms with E-state index in [2.05, 4.69) is 5.10 Å². The van der Waals surface area contributed by atoms with E-state index < -0.39 is 0 Å². The van der Waals surface area contributed by atoms with E-state index in [1.807, 2.05) is 0 Å². The molecule has 6 nitrogen and oxygen atoms in total. The molecule has 0 unspecified atom stereocenters. The van der Waals surface area contributed by atoms with E-state index in [9.17, 15) is 10.0 Å². The summed E-state index contributed by atoms with van der Waals surface area (Å²) < 4.78 is 0.378. The number of rotatable bonds is 3. The number of thioether (sulfide) groups is 1. The smallest absolute Gasteiger partial charge is 0.259 e. The van der Waals surface area contributed by atoms with Crippen LogP contribution in [-0.4, -0.2) is 32.4 Å². The summed E-state index contributed by atoms with van der Waals surface area (Å²) >= 11 is 11.9. The predicted octanol–water partition coefficient (Wildman–Crippen LogP) is 2.23. The van der Waals surface area contributed by atoms with Crippen molar-refractivity contribution >= 4 is 57.7 Å². The summed E-state index contributed by atoms with van der Waals surface area (Å²) in [6.45, 7) is 0. The molecule has 1 aromatic rings. The first-order chi connectivity index (χ1) is 8.99. The third-order valence-corrected chi connectivity index (χ3v) is 3.88. The quantitative estimate of drug-likeness (QED) is 0.523. The zero-order valence-electron chi connectivity index (χ0n) is 9.32. The molecule has 1 aliphatic heterocycles. The summed E-state index contributed by atoms with van der Waals surface area (Å²) in [5.41, 5.74) is 0.400. The van der Waals surface area contributed by atoms with Crippen molar-refractivity contribution in [2.45, 2.75) is 0 Å². The van der Waals surface area contributed by atoms with Gasteiger partial charge in [-0.1, -0.05) is 41.6 Å². The van der Waals surface area contributed by atoms with Crippen molar-refractivity contribution in [3.8, 4) is 0 Å². The van der Waals surface area contributed by atoms with Crippen molar-refractivity contribution in [3.63, 3.8) is 0 Å². The molecular formula is C10H7ClN3O3S2-. The van der Waals surface area contributed by atoms with Gasteiger partial charge in [-0.15, -0.1) is 0 Å². The fraction of sp³-hybridized carbons (Fsp3) is 0.100. The summed E-state index contributed by atoms with van der Waals surface area (Å²) in [7, 11) is 0. The largest absolute Gasteiger partial charge is 0.733 e. The Bertz CT molecular complexity index is 549. The van der Waals surface area contributed by atoms with Crippen LogP contribution in [0.4, 0.5) is 5.69 Å². The van der Waals surface area contributed by atoms with E-state index in [4.69, 9.17) is 29.0 Å². The lowest BCUT2D eigenvalue weighted by Gasteiger charge is -2.22. The molecule has 0 saturated carbocycles. The molecule has 1 N–H and O–H groups in total. The Labute approximate surface area is 123 Å². The maximum atomic E-state index is 11.4. The monoisotopic (exact) mass is 316 g/mol. The third-order valence-electron chi connectivity index (χ3n) is 2.23. The molecule has 0 bridgehead atoms. The van der Waals surface area contributed by atoms with Crippen molar-refractivity contribution < 1.29 is 10.0 Å². The molecule has 1 fully saturated rings. The van der Waals surface area contributed by atoms with E-state index in [1.165, 1.54) is 30.1 Å². The van der Waals surface area contributed by atoms with Crippen LogP contribution in [0.15, 0.2) is 23.3 Å². The number of thiocarbonyl (C=S) groups is 1. The Kier molecular flexibility index (Phi) is 4.38. The van der Waals surface area contributed by atoms with E-state index in [1.54, 1.807) is 6.07 Å². The second-order valence-corrected chi connectivity index (χ2v) is 5.50. The molecule has 0 radical (unpaired) electrons. The highest BCUT2D eigenvalue weighted by Gasteiger charge is 2.25. The van der Waals surface area contributed by atoms with Gasteiger partial charge in [0.2, 0.25) is 0 Å². The number of carbonyl (C=O) groups is 1. The van der Waals surface area contributed by atoms with Crippen molar-refractivity contribution in [2.75, 3.05) is 11.0 Å². The summed E-state index contributed by atoms with van der Waals surface area (Å²) in [5.74, 6) is 0.0700. The van der Waals surface area contributed by atoms with Gasteiger partial charge in [0.15, 0.2) is 4.32 Å². The Morgan fingerprint density at radius 2 is 2.37 bits per heavy atom. The average molecular weight is 317 g/mol. The summed E-state index contributed by atoms with van der Waals surface area (Å²) in [6, 6.07) is 4.38. The summed E-state index contributed by atoms with van der Waals surface area (Å²) in [5, 5.41) is 24.5. The van der Waals surface area contributed by atoms with Gasteiger partial charge in [0, 0.05) is 0 Å². The minimum Gasteiger partial charge on any atom is -0.733 e. The second kappa shape index (κ2) is 5.85. The minimum absolute atomic E-state index is 0.102. The molecule has 0 atom stereocenters. The fourth-order valence-electron chi connectivity index (χ4n) is 1.34. The Hall–Kier alpha value is -1.19. The number of nitrogens with zero attached hydrogens (tertiary/aromatic N) is 3. The van der Waals surface area contributed by atoms with Crippen LogP contribution in [0.1, 0.15) is 5.56 Å². The molecule has 1 aliphatic rings. The molecule has 100 valence electrons. The normalized spacial score (nSPS) is 15.6. The number of hydrogen-bond donors (Lipinski definition) is 1. The van der Waals surface area contributed by atoms with E-state index in [-0.39, 0.29) is 27.6 Å². The van der Waals surface area contributed by atoms with Gasteiger partial charge in [0.1, 0.15) is 0 Å². The zero-order valence-corrected chi connectivity index (χ0v) is 11.7. The molecular weight excluding hydrogens is 310 g/mol. The molecule has 0 spiro atoms. The van der Waals surface area contributed by atoms with Crippen molar-refractivity contribution in [1.82, 2.24) is 5.01 Å². The number of carbonyl (C=O) groups excluding carboxylic acids is 1. The van der Waals surface area contributed by atoms with E-state index in [0.717, 1.165) is 5.01 Å². The number of amides is 1. The first-order valence-corrected chi connectivity index (χ1v) is 6.75. The number of anilines is 1. The van der Waals surface area contributed by atoms with Gasteiger partial charge in [0.25, 0.3) is 5.91 Å². The van der Waals surface area contributed by atoms with Gasteiger partial charge in [-0.05, 0) is 17.7 Å². The highest BCUT2D eigenvalue weighted by atomic mass is 35.5. The lowest BCUT2D eigenvalue weighted by molar-refractivity contribution is -0.123. The third kappa shape index (κ3) is 3.23. The average Bonchev–Trinajstić information content (AvgIpc) is 2.68. The molecule has 1 aromatic carbocycles. The van der Waals surface area contributed by atoms with Crippen LogP contribution < -0.4 is 5.23 Å². The van der Waals surface area contributed by atoms with Crippen LogP contribution in [0.2, 0.25) is 5.02 Å². The number of hydrogen-bond acceptors (Lipinski definition) is 7. The van der Waals surface area contributed by atoms with Crippen LogP contribution in [-0.2, 0) is 4.79 Å². The molecule has 1 saturated heterocycles. The van der Waals surface area contributed by atoms with Gasteiger partial charge in [-0.2, -0.15) is 10.1 Å². The molecule has 1 amide bonds. The number of hydrazone groups is 1. The van der Waals surface area contributed by atoms with Crippen LogP contribution in [0.5, 0.6) is 0 Å². The minimum atomic E-state index is -0.332. The SMILES string of the molecule is O=C1CSC(=S)N1/N=C/c1ccc(Cl)c(N([O-])O)c1. The second-order valence-electron chi connectivity index (χ2n) is 3.49. The van der Waals surface area contributed by atoms with Crippen molar-refractivity contribution in [3.05, 3.63) is 34.0 Å². The fourth-order valence-corrected chi connectivity index (χ4v) is 2.50. The molecule has 2 rings (SSSR count). The molecule has 0 aliphatic carbocycles. The predicted molar refractivity (Wildman–Crippen MR) is 78.6 cm³/mol. The standard InChI is InChI=1S/C10H7ClN3O3S2/c11-7-2-1-6(3-8(7)14(16)17)4-12-13-9(15)5-19-10(13)18/h1-4,16H,5H2/q-1/b12-4+. The van der Waals surface area contributed by atoms with Crippen molar-refractivity contribution in [2.24, 2.45) is 5.10 Å². The lowest BCUT2D eigenvalue weighted by Crippen LogP contribution is -2.22. The first kappa shape index (κ1) is 14.2. The molecule has 9 heteroatoms. The van der Waals surface area contributed by atoms with E-state index in [0.29, 0.717) is 9.88 Å². The van der Waals surface area contributed by atoms with Crippen LogP contribution in [0.25, 0.3) is 0 Å². The Morgan fingerprint density at radius 3 is 2.95 bits per heavy atom. The van der Waals surface area contributed by atoms with E-state index >= 15 is 0 Å². The zero-order chi connectivity index (χ0) is 14.0. The van der Waals surface area contributed by atoms with Gasteiger partial charge >= 0.3 is 0 Å². The molecule has 19 heavy (non-hydrogen) atoms. The maximum Gasteiger partial charge on any atom is 0.259 e. The number of benzene rings is 1. The van der Waals surface area contributed by atoms with Gasteiger partial charge in [-0.25, -0.2) is 0 Å². The summed E-state index contributed by atoms with van der Waals surface area (Å²) in [4.78, 5) is 11.4. The van der Waals surface area contributed by atoms with Gasteiger partial charge in [-0.3, -0.25) is 10.0 Å². The highest BCUT2D eigenvalue weighted by molar-refractivity contribution is 8.23. The Balaban J connectivity index is 2.21. The van der Waals surface area contributed by atoms with Crippen LogP contribution in [0, 0.1) is 5.21 Å². The van der Waals surface area contributed by atoms with Gasteiger partial charge < -0.3 is 10.4 Å². The lowest BCUT2D eigenvalue weighted by atomic mass is 10.2. The van der Waals surface area contributed by atoms with Crippen LogP contribution >= 0.6 is 35.6 Å². The highest BCUT2D eigenvalue weighted by Crippen LogP contribution is 2.25. The summed E-state index contributed by atoms with van der Waals surface area (Å²) in [6.07, 6.45) is 1.36. The van der Waals surface area contributed by atoms with Gasteiger partial charge in [0.05, 0.1) is 22.7 Å². The maximum absolute atomic E-state index is 11.4. The Morgan fingerprint density at radius 1 is 1.63 bits per heavy atom. The topological polar surface area (TPSA) is 79.2 Å². The van der Waals surface area contributed by atoms with Crippen LogP contribution in [0.3, 0.4) is 0 Å². The number of halogens is 1.